The highest BCUT2D eigenvalue weighted by Crippen LogP contribution is 2.34. The van der Waals surface area contributed by atoms with Crippen LogP contribution in [0.25, 0.3) is 0 Å². The lowest BCUT2D eigenvalue weighted by molar-refractivity contribution is -0.140. The second-order valence-electron chi connectivity index (χ2n) is 5.06. The van der Waals surface area contributed by atoms with Crippen LogP contribution in [0, 0.1) is 5.92 Å². The van der Waals surface area contributed by atoms with Gasteiger partial charge in [-0.2, -0.15) is 0 Å². The second-order valence-corrected chi connectivity index (χ2v) is 5.06. The lowest BCUT2D eigenvalue weighted by Crippen LogP contribution is -2.42. The molecule has 0 aromatic heterocycles. The van der Waals surface area contributed by atoms with Gasteiger partial charge in [0.05, 0.1) is 0 Å². The second kappa shape index (κ2) is 5.48. The van der Waals surface area contributed by atoms with Crippen LogP contribution in [-0.2, 0) is 4.79 Å². The van der Waals surface area contributed by atoms with Gasteiger partial charge in [-0.1, -0.05) is 19.9 Å². The topological polar surface area (TPSA) is 67.8 Å². The maximum absolute atomic E-state index is 11.2. The highest BCUT2D eigenvalue weighted by molar-refractivity contribution is 5.73. The van der Waals surface area contributed by atoms with E-state index in [0.717, 1.165) is 11.3 Å². The van der Waals surface area contributed by atoms with E-state index in [1.54, 1.807) is 0 Å². The molecule has 5 nitrogen and oxygen atoms in total. The van der Waals surface area contributed by atoms with Crippen molar-refractivity contribution in [3.63, 3.8) is 0 Å². The number of fused-ring (bicyclic) bond motifs is 1. The van der Waals surface area contributed by atoms with Gasteiger partial charge in [0.25, 0.3) is 0 Å². The fraction of sp³-hybridized carbons (Fsp3) is 0.500. The predicted molar refractivity (Wildman–Crippen MR) is 70.4 cm³/mol. The maximum Gasteiger partial charge on any atom is 0.320 e. The van der Waals surface area contributed by atoms with E-state index >= 15 is 0 Å². The Morgan fingerprint density at radius 3 is 2.58 bits per heavy atom. The number of rotatable bonds is 5. The zero-order valence-corrected chi connectivity index (χ0v) is 11.3. The molecule has 104 valence electrons. The van der Waals surface area contributed by atoms with E-state index in [0.29, 0.717) is 5.75 Å². The number of ether oxygens (including phenoxy) is 2. The summed E-state index contributed by atoms with van der Waals surface area (Å²) in [7, 11) is 0. The average molecular weight is 265 g/mol. The van der Waals surface area contributed by atoms with Crippen LogP contribution in [0.15, 0.2) is 18.2 Å². The molecule has 0 fully saturated rings. The van der Waals surface area contributed by atoms with E-state index in [2.05, 4.69) is 5.32 Å². The molecule has 0 saturated carbocycles. The summed E-state index contributed by atoms with van der Waals surface area (Å²) in [6.07, 6.45) is 0. The number of carbonyl (C=O) groups is 1. The molecule has 1 heterocycles. The zero-order valence-electron chi connectivity index (χ0n) is 11.3. The minimum atomic E-state index is -0.831. The lowest BCUT2D eigenvalue weighted by atomic mass is 10.0. The summed E-state index contributed by atoms with van der Waals surface area (Å²) in [5, 5.41) is 12.3. The Morgan fingerprint density at radius 2 is 1.95 bits per heavy atom. The first kappa shape index (κ1) is 13.7. The quantitative estimate of drug-likeness (QED) is 0.854. The standard InChI is InChI=1S/C14H19NO4/c1-8(2)13(14(16)17)15-9(3)10-4-5-11-12(6-10)19-7-18-11/h4-6,8-9,13,15H,7H2,1-3H3,(H,16,17). The number of nitrogens with one attached hydrogen (secondary N) is 1. The molecule has 0 spiro atoms. The molecule has 1 aliphatic rings. The van der Waals surface area contributed by atoms with Crippen LogP contribution in [-0.4, -0.2) is 23.9 Å². The van der Waals surface area contributed by atoms with Crippen LogP contribution in [0.4, 0.5) is 0 Å². The van der Waals surface area contributed by atoms with Crippen LogP contribution in [0.3, 0.4) is 0 Å². The summed E-state index contributed by atoms with van der Waals surface area (Å²) in [5.41, 5.74) is 0.983. The highest BCUT2D eigenvalue weighted by Gasteiger charge is 2.24. The van der Waals surface area contributed by atoms with Gasteiger partial charge in [0, 0.05) is 6.04 Å². The zero-order chi connectivity index (χ0) is 14.0. The summed E-state index contributed by atoms with van der Waals surface area (Å²) in [4.78, 5) is 11.2. The third-order valence-electron chi connectivity index (χ3n) is 3.26. The first-order valence-corrected chi connectivity index (χ1v) is 6.37. The number of hydrogen-bond acceptors (Lipinski definition) is 4. The molecule has 2 atom stereocenters. The number of hydrogen-bond donors (Lipinski definition) is 2. The lowest BCUT2D eigenvalue weighted by Gasteiger charge is -2.23. The predicted octanol–water partition coefficient (Wildman–Crippen LogP) is 2.18. The molecule has 1 aliphatic heterocycles. The Kier molecular flexibility index (Phi) is 3.95. The van der Waals surface area contributed by atoms with Gasteiger partial charge in [-0.3, -0.25) is 10.1 Å². The molecule has 0 saturated heterocycles. The van der Waals surface area contributed by atoms with Gasteiger partial charge in [0.15, 0.2) is 11.5 Å². The van der Waals surface area contributed by atoms with Crippen molar-refractivity contribution in [1.29, 1.82) is 0 Å². The maximum atomic E-state index is 11.2. The molecule has 19 heavy (non-hydrogen) atoms. The molecule has 1 aromatic carbocycles. The van der Waals surface area contributed by atoms with Gasteiger partial charge < -0.3 is 14.6 Å². The summed E-state index contributed by atoms with van der Waals surface area (Å²) in [6.45, 7) is 5.95. The smallest absolute Gasteiger partial charge is 0.320 e. The van der Waals surface area contributed by atoms with Gasteiger partial charge in [-0.25, -0.2) is 0 Å². The van der Waals surface area contributed by atoms with Gasteiger partial charge >= 0.3 is 5.97 Å². The van der Waals surface area contributed by atoms with Crippen LogP contribution >= 0.6 is 0 Å². The van der Waals surface area contributed by atoms with Crippen LogP contribution in [0.1, 0.15) is 32.4 Å². The Hall–Kier alpha value is -1.75. The van der Waals surface area contributed by atoms with E-state index in [1.807, 2.05) is 39.0 Å². The van der Waals surface area contributed by atoms with Crippen LogP contribution in [0.2, 0.25) is 0 Å². The molecule has 5 heteroatoms. The van der Waals surface area contributed by atoms with Crippen LogP contribution < -0.4 is 14.8 Å². The van der Waals surface area contributed by atoms with Crippen molar-refractivity contribution < 1.29 is 19.4 Å². The van der Waals surface area contributed by atoms with Crippen molar-refractivity contribution in [2.24, 2.45) is 5.92 Å². The van der Waals surface area contributed by atoms with E-state index in [9.17, 15) is 9.90 Å². The molecule has 2 N–H and O–H groups in total. The molecular weight excluding hydrogens is 246 g/mol. The molecule has 0 aliphatic carbocycles. The van der Waals surface area contributed by atoms with Gasteiger partial charge in [-0.15, -0.1) is 0 Å². The first-order chi connectivity index (χ1) is 8.99. The summed E-state index contributed by atoms with van der Waals surface area (Å²) < 4.78 is 10.6. The van der Waals surface area contributed by atoms with E-state index in [4.69, 9.17) is 9.47 Å². The Labute approximate surface area is 112 Å². The molecule has 0 radical (unpaired) electrons. The van der Waals surface area contributed by atoms with E-state index in [-0.39, 0.29) is 18.8 Å². The van der Waals surface area contributed by atoms with Crippen molar-refractivity contribution in [2.75, 3.05) is 6.79 Å². The van der Waals surface area contributed by atoms with Crippen molar-refractivity contribution in [1.82, 2.24) is 5.32 Å². The summed E-state index contributed by atoms with van der Waals surface area (Å²) in [6, 6.07) is 5.02. The van der Waals surface area contributed by atoms with Crippen molar-refractivity contribution in [3.05, 3.63) is 23.8 Å². The third-order valence-corrected chi connectivity index (χ3v) is 3.26. The molecular formula is C14H19NO4. The third kappa shape index (κ3) is 2.98. The molecule has 0 bridgehead atoms. The Morgan fingerprint density at radius 1 is 1.26 bits per heavy atom. The highest BCUT2D eigenvalue weighted by atomic mass is 16.7. The Balaban J connectivity index is 2.11. The minimum absolute atomic E-state index is 0.0222. The van der Waals surface area contributed by atoms with E-state index in [1.165, 1.54) is 0 Å². The van der Waals surface area contributed by atoms with Crippen LogP contribution in [0.5, 0.6) is 11.5 Å². The van der Waals surface area contributed by atoms with Crippen molar-refractivity contribution in [2.45, 2.75) is 32.9 Å². The van der Waals surface area contributed by atoms with Gasteiger partial charge in [0.2, 0.25) is 6.79 Å². The summed E-state index contributed by atoms with van der Waals surface area (Å²) in [5.74, 6) is 0.633. The summed E-state index contributed by atoms with van der Waals surface area (Å²) >= 11 is 0. The number of carboxylic acids is 1. The largest absolute Gasteiger partial charge is 0.480 e. The number of aliphatic carboxylic acids is 1. The normalized spacial score (nSPS) is 16.4. The fourth-order valence-corrected chi connectivity index (χ4v) is 2.10. The number of benzene rings is 1. The SMILES string of the molecule is CC(NC(C(=O)O)C(C)C)c1ccc2c(c1)OCO2. The first-order valence-electron chi connectivity index (χ1n) is 6.37. The average Bonchev–Trinajstić information content (AvgIpc) is 2.81. The van der Waals surface area contributed by atoms with Crippen molar-refractivity contribution >= 4 is 5.97 Å². The minimum Gasteiger partial charge on any atom is -0.480 e. The molecule has 2 rings (SSSR count). The fourth-order valence-electron chi connectivity index (χ4n) is 2.10. The van der Waals surface area contributed by atoms with Crippen molar-refractivity contribution in [3.8, 4) is 11.5 Å². The van der Waals surface area contributed by atoms with Gasteiger partial charge in [-0.05, 0) is 30.5 Å². The van der Waals surface area contributed by atoms with E-state index < -0.39 is 12.0 Å². The Bertz CT molecular complexity index is 473. The number of carboxylic acid groups (broad SMARTS) is 1. The molecule has 2 unspecified atom stereocenters. The molecule has 0 amide bonds. The van der Waals surface area contributed by atoms with Gasteiger partial charge in [0.1, 0.15) is 6.04 Å². The molecule has 1 aromatic rings. The monoisotopic (exact) mass is 265 g/mol.